The Morgan fingerprint density at radius 3 is 2.92 bits per heavy atom. The molecule has 0 aliphatic carbocycles. The fourth-order valence-corrected chi connectivity index (χ4v) is 3.53. The van der Waals surface area contributed by atoms with Crippen molar-refractivity contribution in [2.45, 2.75) is 44.9 Å². The van der Waals surface area contributed by atoms with Crippen molar-refractivity contribution in [1.82, 2.24) is 10.2 Å². The lowest BCUT2D eigenvalue weighted by Gasteiger charge is -2.39. The number of halogens is 1. The molecule has 1 aliphatic heterocycles. The van der Waals surface area contributed by atoms with Crippen LogP contribution in [0.25, 0.3) is 0 Å². The summed E-state index contributed by atoms with van der Waals surface area (Å²) >= 11 is 6.17. The number of hydrogen-bond acceptors (Lipinski definition) is 3. The summed E-state index contributed by atoms with van der Waals surface area (Å²) in [6.07, 6.45) is 4.79. The molecular formula is C19H23ClN4O. The van der Waals surface area contributed by atoms with Crippen molar-refractivity contribution in [2.75, 3.05) is 11.4 Å². The molecule has 1 amide bonds. The number of anilines is 1. The zero-order valence-electron chi connectivity index (χ0n) is 14.8. The van der Waals surface area contributed by atoms with Crippen molar-refractivity contribution < 1.29 is 4.79 Å². The zero-order chi connectivity index (χ0) is 18.2. The van der Waals surface area contributed by atoms with Gasteiger partial charge < -0.3 is 4.90 Å². The number of fused-ring (bicyclic) bond motifs is 1. The number of carbonyl (C=O) groups is 1. The predicted molar refractivity (Wildman–Crippen MR) is 101 cm³/mol. The number of amides is 1. The van der Waals surface area contributed by atoms with E-state index in [1.165, 1.54) is 0 Å². The van der Waals surface area contributed by atoms with Crippen molar-refractivity contribution in [3.8, 4) is 0 Å². The van der Waals surface area contributed by atoms with E-state index in [0.29, 0.717) is 18.0 Å². The van der Waals surface area contributed by atoms with E-state index in [2.05, 4.69) is 24.0 Å². The van der Waals surface area contributed by atoms with Gasteiger partial charge in [0.25, 0.3) is 5.91 Å². The highest BCUT2D eigenvalue weighted by atomic mass is 35.5. The summed E-state index contributed by atoms with van der Waals surface area (Å²) in [5, 5.41) is 15.6. The molecule has 3 rings (SSSR count). The molecule has 1 atom stereocenters. The molecule has 1 aromatic carbocycles. The molecule has 25 heavy (non-hydrogen) atoms. The van der Waals surface area contributed by atoms with Gasteiger partial charge in [-0.3, -0.25) is 15.3 Å². The van der Waals surface area contributed by atoms with E-state index in [1.54, 1.807) is 17.3 Å². The zero-order valence-corrected chi connectivity index (χ0v) is 15.5. The van der Waals surface area contributed by atoms with E-state index in [1.807, 2.05) is 25.1 Å². The topological polar surface area (TPSA) is 72.8 Å². The van der Waals surface area contributed by atoms with Crippen LogP contribution in [0.5, 0.6) is 0 Å². The maximum Gasteiger partial charge on any atom is 0.271 e. The lowest BCUT2D eigenvalue weighted by molar-refractivity contribution is -0.112. The monoisotopic (exact) mass is 358 g/mol. The Hall–Kier alpha value is -2.14. The first-order valence-corrected chi connectivity index (χ1v) is 8.85. The van der Waals surface area contributed by atoms with E-state index in [9.17, 15) is 4.79 Å². The first-order chi connectivity index (χ1) is 11.8. The van der Waals surface area contributed by atoms with Crippen molar-refractivity contribution >= 4 is 28.9 Å². The largest absolute Gasteiger partial charge is 0.307 e. The Kier molecular flexibility index (Phi) is 4.69. The molecule has 1 aliphatic rings. The SMILES string of the molecule is CC(CC(=N)C(=O)N1CCC(C)(C)c2ccc(Cl)cc21)c1cn[nH]c1. The van der Waals surface area contributed by atoms with Crippen molar-refractivity contribution in [3.63, 3.8) is 0 Å². The number of H-pyrrole nitrogens is 1. The fraction of sp³-hybridized carbons (Fsp3) is 0.421. The second-order valence-electron chi connectivity index (χ2n) is 7.37. The average Bonchev–Trinajstić information content (AvgIpc) is 3.08. The number of nitrogens with zero attached hydrogens (tertiary/aromatic N) is 2. The van der Waals surface area contributed by atoms with Gasteiger partial charge in [-0.05, 0) is 41.0 Å². The van der Waals surface area contributed by atoms with E-state index in [4.69, 9.17) is 17.0 Å². The maximum atomic E-state index is 12.9. The third kappa shape index (κ3) is 3.47. The molecule has 1 aromatic heterocycles. The minimum Gasteiger partial charge on any atom is -0.307 e. The van der Waals surface area contributed by atoms with Gasteiger partial charge in [0.15, 0.2) is 0 Å². The summed E-state index contributed by atoms with van der Waals surface area (Å²) in [6.45, 7) is 6.94. The molecule has 0 fully saturated rings. The number of carbonyl (C=O) groups excluding carboxylic acids is 1. The molecule has 5 nitrogen and oxygen atoms in total. The number of hydrogen-bond donors (Lipinski definition) is 2. The number of nitrogens with one attached hydrogen (secondary N) is 2. The molecule has 2 aromatic rings. The van der Waals surface area contributed by atoms with Gasteiger partial charge >= 0.3 is 0 Å². The van der Waals surface area contributed by atoms with Gasteiger partial charge in [0, 0.05) is 29.9 Å². The van der Waals surface area contributed by atoms with E-state index >= 15 is 0 Å². The molecule has 6 heteroatoms. The number of aromatic nitrogens is 2. The molecule has 0 saturated carbocycles. The third-order valence-electron chi connectivity index (χ3n) is 5.04. The molecule has 132 valence electrons. The van der Waals surface area contributed by atoms with Gasteiger partial charge in [-0.25, -0.2) is 0 Å². The van der Waals surface area contributed by atoms with Crippen molar-refractivity contribution in [1.29, 1.82) is 5.41 Å². The third-order valence-corrected chi connectivity index (χ3v) is 5.28. The lowest BCUT2D eigenvalue weighted by atomic mass is 9.77. The lowest BCUT2D eigenvalue weighted by Crippen LogP contribution is -2.44. The maximum absolute atomic E-state index is 12.9. The van der Waals surface area contributed by atoms with Gasteiger partial charge in [-0.1, -0.05) is 38.4 Å². The summed E-state index contributed by atoms with van der Waals surface area (Å²) in [5.41, 5.74) is 3.03. The Morgan fingerprint density at radius 2 is 2.24 bits per heavy atom. The first kappa shape index (κ1) is 17.7. The molecule has 2 N–H and O–H groups in total. The van der Waals surface area contributed by atoms with Crippen LogP contribution in [0, 0.1) is 5.41 Å². The standard InChI is InChI=1S/C19H23ClN4O/c1-12(13-10-22-23-11-13)8-16(21)18(25)24-7-6-19(2,3)15-5-4-14(20)9-17(15)24/h4-5,9-12,21H,6-8H2,1-3H3,(H,22,23). The first-order valence-electron chi connectivity index (χ1n) is 8.47. The second-order valence-corrected chi connectivity index (χ2v) is 7.80. The number of rotatable bonds is 4. The van der Waals surface area contributed by atoms with Gasteiger partial charge in [-0.15, -0.1) is 0 Å². The fourth-order valence-electron chi connectivity index (χ4n) is 3.36. The Labute approximate surface area is 152 Å². The minimum atomic E-state index is -0.241. The van der Waals surface area contributed by atoms with Crippen LogP contribution >= 0.6 is 11.6 Å². The van der Waals surface area contributed by atoms with Crippen LogP contribution in [0.4, 0.5) is 5.69 Å². The van der Waals surface area contributed by atoms with Crippen LogP contribution in [0.2, 0.25) is 5.02 Å². The average molecular weight is 359 g/mol. The van der Waals surface area contributed by atoms with Crippen molar-refractivity contribution in [2.24, 2.45) is 0 Å². The summed E-state index contributed by atoms with van der Waals surface area (Å²) in [4.78, 5) is 14.6. The minimum absolute atomic E-state index is 0.0109. The molecule has 0 saturated heterocycles. The highest BCUT2D eigenvalue weighted by Crippen LogP contribution is 2.41. The predicted octanol–water partition coefficient (Wildman–Crippen LogP) is 4.29. The number of aromatic amines is 1. The highest BCUT2D eigenvalue weighted by Gasteiger charge is 2.35. The number of benzene rings is 1. The van der Waals surface area contributed by atoms with E-state index in [-0.39, 0.29) is 23.0 Å². The van der Waals surface area contributed by atoms with Gasteiger partial charge in [0.2, 0.25) is 0 Å². The quantitative estimate of drug-likeness (QED) is 0.800. The highest BCUT2D eigenvalue weighted by molar-refractivity contribution is 6.43. The van der Waals surface area contributed by atoms with Gasteiger partial charge in [0.05, 0.1) is 11.9 Å². The summed E-state index contributed by atoms with van der Waals surface area (Å²) in [5.74, 6) is -0.176. The van der Waals surface area contributed by atoms with Crippen LogP contribution in [-0.4, -0.2) is 28.4 Å². The van der Waals surface area contributed by atoms with Crippen LogP contribution < -0.4 is 4.90 Å². The Balaban J connectivity index is 1.83. The summed E-state index contributed by atoms with van der Waals surface area (Å²) < 4.78 is 0. The van der Waals surface area contributed by atoms with Crippen LogP contribution in [0.3, 0.4) is 0 Å². The smallest absolute Gasteiger partial charge is 0.271 e. The molecule has 1 unspecified atom stereocenters. The second kappa shape index (κ2) is 6.64. The molecule has 0 radical (unpaired) electrons. The summed E-state index contributed by atoms with van der Waals surface area (Å²) in [6, 6.07) is 5.69. The summed E-state index contributed by atoms with van der Waals surface area (Å²) in [7, 11) is 0. The van der Waals surface area contributed by atoms with E-state index < -0.39 is 0 Å². The van der Waals surface area contributed by atoms with Gasteiger partial charge in [-0.2, -0.15) is 5.10 Å². The van der Waals surface area contributed by atoms with Crippen molar-refractivity contribution in [3.05, 3.63) is 46.7 Å². The molecule has 0 spiro atoms. The van der Waals surface area contributed by atoms with Crippen LogP contribution in [0.1, 0.15) is 50.7 Å². The van der Waals surface area contributed by atoms with Crippen LogP contribution in [0.15, 0.2) is 30.6 Å². The molecule has 2 heterocycles. The van der Waals surface area contributed by atoms with Gasteiger partial charge in [0.1, 0.15) is 0 Å². The molecular weight excluding hydrogens is 336 g/mol. The van der Waals surface area contributed by atoms with E-state index in [0.717, 1.165) is 23.2 Å². The normalized spacial score (nSPS) is 17.0. The molecule has 0 bridgehead atoms. The Bertz CT molecular complexity index is 798. The van der Waals surface area contributed by atoms with Crippen LogP contribution in [-0.2, 0) is 10.2 Å². The Morgan fingerprint density at radius 1 is 1.48 bits per heavy atom.